The van der Waals surface area contributed by atoms with Gasteiger partial charge in [-0.25, -0.2) is 4.98 Å². The second kappa shape index (κ2) is 6.07. The summed E-state index contributed by atoms with van der Waals surface area (Å²) < 4.78 is 0. The first kappa shape index (κ1) is 12.4. The van der Waals surface area contributed by atoms with Gasteiger partial charge in [0.1, 0.15) is 0 Å². The van der Waals surface area contributed by atoms with Crippen LogP contribution < -0.4 is 5.32 Å². The smallest absolute Gasteiger partial charge is 0.244 e. The van der Waals surface area contributed by atoms with Crippen molar-refractivity contribution in [2.75, 3.05) is 0 Å². The number of rotatable bonds is 4. The summed E-state index contributed by atoms with van der Waals surface area (Å²) in [6.07, 6.45) is 6.64. The Labute approximate surface area is 109 Å². The van der Waals surface area contributed by atoms with Crippen molar-refractivity contribution in [3.63, 3.8) is 0 Å². The first-order chi connectivity index (χ1) is 8.74. The number of hydrogen-bond donors (Lipinski definition) is 1. The molecule has 0 aliphatic rings. The number of pyridine rings is 1. The van der Waals surface area contributed by atoms with Crippen LogP contribution in [0.3, 0.4) is 0 Å². The minimum Gasteiger partial charge on any atom is -0.348 e. The van der Waals surface area contributed by atoms with Crippen LogP contribution in [0.5, 0.6) is 0 Å². The van der Waals surface area contributed by atoms with Crippen LogP contribution in [0.4, 0.5) is 0 Å². The van der Waals surface area contributed by atoms with Gasteiger partial charge in [-0.05, 0) is 24.6 Å². The molecule has 0 bridgehead atoms. The summed E-state index contributed by atoms with van der Waals surface area (Å²) in [5.41, 5.74) is 1.79. The van der Waals surface area contributed by atoms with Crippen LogP contribution in [0.15, 0.2) is 36.0 Å². The Hall–Kier alpha value is -2.01. The summed E-state index contributed by atoms with van der Waals surface area (Å²) in [5.74, 6) is -0.135. The fourth-order valence-electron chi connectivity index (χ4n) is 1.37. The summed E-state index contributed by atoms with van der Waals surface area (Å²) >= 11 is 1.56. The van der Waals surface area contributed by atoms with Crippen molar-refractivity contribution in [2.24, 2.45) is 0 Å². The fourth-order valence-corrected chi connectivity index (χ4v) is 1.95. The molecule has 2 aromatic rings. The first-order valence-electron chi connectivity index (χ1n) is 5.51. The number of nitrogens with one attached hydrogen (secondary N) is 1. The first-order valence-corrected chi connectivity index (χ1v) is 6.39. The molecule has 2 aromatic heterocycles. The Morgan fingerprint density at radius 3 is 3.11 bits per heavy atom. The van der Waals surface area contributed by atoms with Crippen molar-refractivity contribution in [2.45, 2.75) is 13.5 Å². The molecule has 1 N–H and O–H groups in total. The monoisotopic (exact) mass is 259 g/mol. The zero-order valence-corrected chi connectivity index (χ0v) is 10.8. The van der Waals surface area contributed by atoms with Gasteiger partial charge in [0.05, 0.1) is 10.7 Å². The average molecular weight is 259 g/mol. The van der Waals surface area contributed by atoms with Crippen LogP contribution in [0.2, 0.25) is 0 Å². The van der Waals surface area contributed by atoms with Crippen molar-refractivity contribution in [3.8, 4) is 0 Å². The highest BCUT2D eigenvalue weighted by atomic mass is 32.1. The second-order valence-corrected chi connectivity index (χ2v) is 4.77. The van der Waals surface area contributed by atoms with Crippen LogP contribution in [0.1, 0.15) is 16.3 Å². The van der Waals surface area contributed by atoms with Gasteiger partial charge in [0, 0.05) is 30.4 Å². The van der Waals surface area contributed by atoms with Gasteiger partial charge in [0.15, 0.2) is 0 Å². The number of carbonyl (C=O) groups is 1. The van der Waals surface area contributed by atoms with Crippen molar-refractivity contribution in [3.05, 3.63) is 52.2 Å². The molecule has 5 heteroatoms. The molecule has 92 valence electrons. The van der Waals surface area contributed by atoms with E-state index in [-0.39, 0.29) is 5.91 Å². The summed E-state index contributed by atoms with van der Waals surface area (Å²) in [7, 11) is 0. The molecule has 0 unspecified atom stereocenters. The van der Waals surface area contributed by atoms with Gasteiger partial charge < -0.3 is 5.32 Å². The molecule has 0 aliphatic carbocycles. The number of thiazole rings is 1. The maximum atomic E-state index is 11.6. The number of aryl methyl sites for hydroxylation is 1. The van der Waals surface area contributed by atoms with E-state index in [2.05, 4.69) is 15.3 Å². The van der Waals surface area contributed by atoms with E-state index in [4.69, 9.17) is 0 Å². The lowest BCUT2D eigenvalue weighted by atomic mass is 10.3. The Morgan fingerprint density at radius 2 is 2.44 bits per heavy atom. The Morgan fingerprint density at radius 1 is 1.56 bits per heavy atom. The van der Waals surface area contributed by atoms with Crippen molar-refractivity contribution in [1.29, 1.82) is 0 Å². The molecule has 2 rings (SSSR count). The topological polar surface area (TPSA) is 54.9 Å². The number of nitrogens with zero attached hydrogens (tertiary/aromatic N) is 2. The minimum absolute atomic E-state index is 0.135. The highest BCUT2D eigenvalue weighted by Gasteiger charge is 1.98. The normalized spacial score (nSPS) is 10.7. The summed E-state index contributed by atoms with van der Waals surface area (Å²) in [4.78, 5) is 19.8. The largest absolute Gasteiger partial charge is 0.348 e. The lowest BCUT2D eigenvalue weighted by Crippen LogP contribution is -2.20. The van der Waals surface area contributed by atoms with E-state index in [9.17, 15) is 4.79 Å². The number of aromatic nitrogens is 2. The molecule has 0 fully saturated rings. The van der Waals surface area contributed by atoms with Gasteiger partial charge in [0.25, 0.3) is 0 Å². The second-order valence-electron chi connectivity index (χ2n) is 3.70. The summed E-state index contributed by atoms with van der Waals surface area (Å²) in [6, 6.07) is 3.76. The van der Waals surface area contributed by atoms with E-state index in [1.165, 1.54) is 6.08 Å². The quantitative estimate of drug-likeness (QED) is 0.856. The molecule has 4 nitrogen and oxygen atoms in total. The summed E-state index contributed by atoms with van der Waals surface area (Å²) in [5, 5.41) is 5.69. The number of amides is 1. The minimum atomic E-state index is -0.135. The Balaban J connectivity index is 1.84. The van der Waals surface area contributed by atoms with Gasteiger partial charge in [-0.2, -0.15) is 0 Å². The molecule has 0 atom stereocenters. The standard InChI is InChI=1S/C13H13N3OS/c1-10-16-12(9-18-10)4-5-13(17)15-8-11-3-2-6-14-7-11/h2-7,9H,8H2,1H3,(H,15,17)/b5-4+. The molecule has 0 saturated heterocycles. The molecule has 0 spiro atoms. The Kier molecular flexibility index (Phi) is 4.20. The van der Waals surface area contributed by atoms with E-state index < -0.39 is 0 Å². The zero-order chi connectivity index (χ0) is 12.8. The average Bonchev–Trinajstić information content (AvgIpc) is 2.81. The lowest BCUT2D eigenvalue weighted by molar-refractivity contribution is -0.116. The molecule has 18 heavy (non-hydrogen) atoms. The highest BCUT2D eigenvalue weighted by molar-refractivity contribution is 7.09. The summed E-state index contributed by atoms with van der Waals surface area (Å²) in [6.45, 7) is 2.41. The molecular formula is C13H13N3OS. The molecule has 2 heterocycles. The van der Waals surface area contributed by atoms with Gasteiger partial charge in [-0.1, -0.05) is 6.07 Å². The van der Waals surface area contributed by atoms with Crippen LogP contribution >= 0.6 is 11.3 Å². The zero-order valence-electron chi connectivity index (χ0n) is 9.96. The SMILES string of the molecule is Cc1nc(/C=C/C(=O)NCc2cccnc2)cs1. The van der Waals surface area contributed by atoms with E-state index in [0.29, 0.717) is 6.54 Å². The van der Waals surface area contributed by atoms with Gasteiger partial charge in [-0.3, -0.25) is 9.78 Å². The fraction of sp³-hybridized carbons (Fsp3) is 0.154. The molecule has 0 aromatic carbocycles. The van der Waals surface area contributed by atoms with Crippen molar-refractivity contribution >= 4 is 23.3 Å². The third-order valence-corrected chi connectivity index (χ3v) is 3.02. The van der Waals surface area contributed by atoms with E-state index in [1.807, 2.05) is 24.4 Å². The molecule has 0 radical (unpaired) electrons. The van der Waals surface area contributed by atoms with Crippen LogP contribution in [-0.2, 0) is 11.3 Å². The van der Waals surface area contributed by atoms with Crippen LogP contribution in [-0.4, -0.2) is 15.9 Å². The molecule has 0 aliphatic heterocycles. The van der Waals surface area contributed by atoms with E-state index in [0.717, 1.165) is 16.3 Å². The third-order valence-electron chi connectivity index (χ3n) is 2.23. The van der Waals surface area contributed by atoms with Gasteiger partial charge in [0.2, 0.25) is 5.91 Å². The Bertz CT molecular complexity index is 548. The number of carbonyl (C=O) groups excluding carboxylic acids is 1. The molecular weight excluding hydrogens is 246 g/mol. The maximum Gasteiger partial charge on any atom is 0.244 e. The van der Waals surface area contributed by atoms with Crippen molar-refractivity contribution in [1.82, 2.24) is 15.3 Å². The predicted octanol–water partition coefficient (Wildman–Crippen LogP) is 2.18. The van der Waals surface area contributed by atoms with Crippen molar-refractivity contribution < 1.29 is 4.79 Å². The van der Waals surface area contributed by atoms with Crippen LogP contribution in [0, 0.1) is 6.92 Å². The van der Waals surface area contributed by atoms with Gasteiger partial charge in [-0.15, -0.1) is 11.3 Å². The maximum absolute atomic E-state index is 11.6. The van der Waals surface area contributed by atoms with E-state index >= 15 is 0 Å². The highest BCUT2D eigenvalue weighted by Crippen LogP contribution is 2.08. The third kappa shape index (κ3) is 3.78. The molecule has 1 amide bonds. The number of hydrogen-bond acceptors (Lipinski definition) is 4. The van der Waals surface area contributed by atoms with Crippen LogP contribution in [0.25, 0.3) is 6.08 Å². The predicted molar refractivity (Wildman–Crippen MR) is 72.0 cm³/mol. The van der Waals surface area contributed by atoms with Gasteiger partial charge >= 0.3 is 0 Å². The van der Waals surface area contributed by atoms with E-state index in [1.54, 1.807) is 29.8 Å². The lowest BCUT2D eigenvalue weighted by Gasteiger charge is -2.00. The molecule has 0 saturated carbocycles.